The molecule has 2 fully saturated rings. The summed E-state index contributed by atoms with van der Waals surface area (Å²) >= 11 is 0. The SMILES string of the molecule is O=S1(=O)CCCCC1c1nnc(CCCNC2CC2)o1. The van der Waals surface area contributed by atoms with Gasteiger partial charge in [0.15, 0.2) is 9.84 Å². The van der Waals surface area contributed by atoms with E-state index in [-0.39, 0.29) is 11.6 Å². The highest BCUT2D eigenvalue weighted by atomic mass is 32.2. The average Bonchev–Trinajstić information content (AvgIpc) is 3.12. The van der Waals surface area contributed by atoms with E-state index < -0.39 is 15.1 Å². The number of rotatable bonds is 6. The first-order chi connectivity index (χ1) is 9.65. The summed E-state index contributed by atoms with van der Waals surface area (Å²) in [6.07, 6.45) is 6.47. The zero-order valence-corrected chi connectivity index (χ0v) is 12.4. The Kier molecular flexibility index (Phi) is 4.07. The normalized spacial score (nSPS) is 25.7. The van der Waals surface area contributed by atoms with Crippen LogP contribution in [0.1, 0.15) is 55.6 Å². The third kappa shape index (κ3) is 3.38. The number of nitrogens with one attached hydrogen (secondary N) is 1. The van der Waals surface area contributed by atoms with E-state index in [4.69, 9.17) is 4.42 Å². The van der Waals surface area contributed by atoms with Crippen LogP contribution in [0.15, 0.2) is 4.42 Å². The molecule has 1 saturated heterocycles. The van der Waals surface area contributed by atoms with E-state index in [0.29, 0.717) is 24.8 Å². The Balaban J connectivity index is 1.55. The summed E-state index contributed by atoms with van der Waals surface area (Å²) in [6, 6.07) is 0.709. The highest BCUT2D eigenvalue weighted by molar-refractivity contribution is 7.91. The number of hydrogen-bond acceptors (Lipinski definition) is 6. The van der Waals surface area contributed by atoms with Gasteiger partial charge in [-0.2, -0.15) is 0 Å². The minimum atomic E-state index is -3.10. The van der Waals surface area contributed by atoms with E-state index in [0.717, 1.165) is 25.8 Å². The Hall–Kier alpha value is -0.950. The quantitative estimate of drug-likeness (QED) is 0.799. The maximum absolute atomic E-state index is 12.0. The molecule has 0 spiro atoms. The Morgan fingerprint density at radius 2 is 2.05 bits per heavy atom. The summed E-state index contributed by atoms with van der Waals surface area (Å²) in [5.74, 6) is 1.08. The molecule has 2 aliphatic rings. The summed E-state index contributed by atoms with van der Waals surface area (Å²) < 4.78 is 29.5. The second-order valence-electron chi connectivity index (χ2n) is 5.72. The van der Waals surface area contributed by atoms with Crippen LogP contribution in [0, 0.1) is 0 Å². The van der Waals surface area contributed by atoms with Crippen LogP contribution in [0.4, 0.5) is 0 Å². The van der Waals surface area contributed by atoms with Crippen molar-refractivity contribution in [2.75, 3.05) is 12.3 Å². The first-order valence-corrected chi connectivity index (χ1v) is 9.14. The zero-order valence-electron chi connectivity index (χ0n) is 11.5. The molecule has 0 amide bonds. The molecular weight excluding hydrogens is 278 g/mol. The van der Waals surface area contributed by atoms with Gasteiger partial charge in [-0.25, -0.2) is 8.42 Å². The van der Waals surface area contributed by atoms with E-state index in [2.05, 4.69) is 15.5 Å². The van der Waals surface area contributed by atoms with E-state index in [1.54, 1.807) is 0 Å². The van der Waals surface area contributed by atoms with E-state index >= 15 is 0 Å². The molecule has 6 nitrogen and oxygen atoms in total. The molecule has 1 aromatic heterocycles. The van der Waals surface area contributed by atoms with Crippen LogP contribution in [0.5, 0.6) is 0 Å². The molecule has 0 bridgehead atoms. The minimum absolute atomic E-state index is 0.237. The van der Waals surface area contributed by atoms with E-state index in [9.17, 15) is 8.42 Å². The van der Waals surface area contributed by atoms with Crippen LogP contribution in [-0.2, 0) is 16.3 Å². The third-order valence-electron chi connectivity index (χ3n) is 3.91. The van der Waals surface area contributed by atoms with Crippen LogP contribution >= 0.6 is 0 Å². The van der Waals surface area contributed by atoms with Crippen molar-refractivity contribution in [1.29, 1.82) is 0 Å². The van der Waals surface area contributed by atoms with Crippen LogP contribution < -0.4 is 5.32 Å². The number of aromatic nitrogens is 2. The van der Waals surface area contributed by atoms with Crippen molar-refractivity contribution in [3.63, 3.8) is 0 Å². The van der Waals surface area contributed by atoms with Gasteiger partial charge in [0.25, 0.3) is 0 Å². The first kappa shape index (κ1) is 14.0. The first-order valence-electron chi connectivity index (χ1n) is 7.42. The molecule has 2 heterocycles. The van der Waals surface area contributed by atoms with Crippen molar-refractivity contribution in [3.05, 3.63) is 11.8 Å². The predicted molar refractivity (Wildman–Crippen MR) is 74.0 cm³/mol. The summed E-state index contributed by atoms with van der Waals surface area (Å²) in [5.41, 5.74) is 0. The number of aryl methyl sites for hydroxylation is 1. The summed E-state index contributed by atoms with van der Waals surface area (Å²) in [5, 5.41) is 10.8. The molecule has 20 heavy (non-hydrogen) atoms. The van der Waals surface area contributed by atoms with Crippen molar-refractivity contribution in [2.45, 2.75) is 56.2 Å². The van der Waals surface area contributed by atoms with Gasteiger partial charge in [0, 0.05) is 12.5 Å². The number of sulfone groups is 1. The molecule has 0 aromatic carbocycles. The largest absolute Gasteiger partial charge is 0.424 e. The standard InChI is InChI=1S/C13H21N3O3S/c17-20(18)9-2-1-4-11(20)13-16-15-12(19-13)5-3-8-14-10-6-7-10/h10-11,14H,1-9H2. The lowest BCUT2D eigenvalue weighted by Crippen LogP contribution is -2.21. The molecule has 1 aromatic rings. The summed E-state index contributed by atoms with van der Waals surface area (Å²) in [6.45, 7) is 0.949. The molecule has 1 aliphatic carbocycles. The van der Waals surface area contributed by atoms with Gasteiger partial charge in [0.05, 0.1) is 5.75 Å². The van der Waals surface area contributed by atoms with Gasteiger partial charge in [-0.3, -0.25) is 0 Å². The molecule has 1 atom stereocenters. The van der Waals surface area contributed by atoms with Crippen LogP contribution in [0.2, 0.25) is 0 Å². The number of nitrogens with zero attached hydrogens (tertiary/aromatic N) is 2. The third-order valence-corrected chi connectivity index (χ3v) is 6.08. The fraction of sp³-hybridized carbons (Fsp3) is 0.846. The molecule has 1 unspecified atom stereocenters. The maximum Gasteiger partial charge on any atom is 0.234 e. The van der Waals surface area contributed by atoms with Gasteiger partial charge in [0.1, 0.15) is 5.25 Å². The second kappa shape index (κ2) is 5.81. The van der Waals surface area contributed by atoms with Crippen LogP contribution in [0.3, 0.4) is 0 Å². The van der Waals surface area contributed by atoms with Gasteiger partial charge < -0.3 is 9.73 Å². The minimum Gasteiger partial charge on any atom is -0.424 e. The Bertz CT molecular complexity index is 551. The fourth-order valence-electron chi connectivity index (χ4n) is 2.56. The molecule has 1 saturated carbocycles. The Morgan fingerprint density at radius 3 is 2.80 bits per heavy atom. The Morgan fingerprint density at radius 1 is 1.20 bits per heavy atom. The lowest BCUT2D eigenvalue weighted by molar-refractivity contribution is 0.418. The lowest BCUT2D eigenvalue weighted by Gasteiger charge is -2.18. The van der Waals surface area contributed by atoms with Gasteiger partial charge in [-0.1, -0.05) is 6.42 Å². The average molecular weight is 299 g/mol. The molecule has 3 rings (SSSR count). The predicted octanol–water partition coefficient (Wildman–Crippen LogP) is 1.39. The van der Waals surface area contributed by atoms with Gasteiger partial charge in [-0.15, -0.1) is 10.2 Å². The molecule has 1 N–H and O–H groups in total. The van der Waals surface area contributed by atoms with Crippen molar-refractivity contribution >= 4 is 9.84 Å². The van der Waals surface area contributed by atoms with Crippen molar-refractivity contribution in [1.82, 2.24) is 15.5 Å². The van der Waals surface area contributed by atoms with Gasteiger partial charge in [0.2, 0.25) is 11.8 Å². The molecule has 0 radical (unpaired) electrons. The zero-order chi connectivity index (χ0) is 14.0. The van der Waals surface area contributed by atoms with Gasteiger partial charge >= 0.3 is 0 Å². The molecule has 1 aliphatic heterocycles. The Labute approximate surface area is 119 Å². The smallest absolute Gasteiger partial charge is 0.234 e. The van der Waals surface area contributed by atoms with Crippen molar-refractivity contribution in [3.8, 4) is 0 Å². The molecule has 7 heteroatoms. The second-order valence-corrected chi connectivity index (χ2v) is 8.02. The lowest BCUT2D eigenvalue weighted by atomic mass is 10.2. The van der Waals surface area contributed by atoms with Gasteiger partial charge in [-0.05, 0) is 38.6 Å². The topological polar surface area (TPSA) is 85.1 Å². The highest BCUT2D eigenvalue weighted by Crippen LogP contribution is 2.32. The van der Waals surface area contributed by atoms with E-state index in [1.807, 2.05) is 0 Å². The molecular formula is C13H21N3O3S. The van der Waals surface area contributed by atoms with Crippen molar-refractivity contribution in [2.24, 2.45) is 0 Å². The summed E-state index contributed by atoms with van der Waals surface area (Å²) in [7, 11) is -3.10. The molecule has 112 valence electrons. The number of hydrogen-bond donors (Lipinski definition) is 1. The maximum atomic E-state index is 12.0. The van der Waals surface area contributed by atoms with E-state index in [1.165, 1.54) is 12.8 Å². The monoisotopic (exact) mass is 299 g/mol. The fourth-order valence-corrected chi connectivity index (χ4v) is 4.38. The van der Waals surface area contributed by atoms with Crippen molar-refractivity contribution < 1.29 is 12.8 Å². The summed E-state index contributed by atoms with van der Waals surface area (Å²) in [4.78, 5) is 0. The highest BCUT2D eigenvalue weighted by Gasteiger charge is 2.34. The van der Waals surface area contributed by atoms with Crippen LogP contribution in [-0.4, -0.2) is 37.0 Å². The van der Waals surface area contributed by atoms with Crippen LogP contribution in [0.25, 0.3) is 0 Å².